The number of hydrogen-bond donors (Lipinski definition) is 2. The fourth-order valence-electron chi connectivity index (χ4n) is 2.25. The van der Waals surface area contributed by atoms with E-state index in [0.29, 0.717) is 12.8 Å². The maximum absolute atomic E-state index is 11.8. The minimum atomic E-state index is -3.29. The topological polar surface area (TPSA) is 66.4 Å². The Morgan fingerprint density at radius 1 is 1.18 bits per heavy atom. The van der Waals surface area contributed by atoms with E-state index in [1.54, 1.807) is 0 Å². The molecule has 0 bridgehead atoms. The Hall–Kier alpha value is -0.130. The molecule has 1 fully saturated rings. The summed E-state index contributed by atoms with van der Waals surface area (Å²) in [5, 5.41) is 10.2. The molecule has 4 nitrogen and oxygen atoms in total. The van der Waals surface area contributed by atoms with Crippen molar-refractivity contribution in [2.24, 2.45) is 5.41 Å². The van der Waals surface area contributed by atoms with Crippen LogP contribution in [0.5, 0.6) is 0 Å². The standard InChI is InChI=1S/C12H25NO3S/c1-11(2,3)10-17(15,16)13-9-12(14)7-5-4-6-8-12/h13-14H,4-10H2,1-3H3. The van der Waals surface area contributed by atoms with Crippen LogP contribution in [0.1, 0.15) is 52.9 Å². The van der Waals surface area contributed by atoms with Crippen molar-refractivity contribution in [3.05, 3.63) is 0 Å². The highest BCUT2D eigenvalue weighted by Crippen LogP contribution is 2.27. The van der Waals surface area contributed by atoms with E-state index in [1.807, 2.05) is 20.8 Å². The van der Waals surface area contributed by atoms with E-state index in [1.165, 1.54) is 0 Å². The molecule has 2 N–H and O–H groups in total. The summed E-state index contributed by atoms with van der Waals surface area (Å²) in [5.74, 6) is 0.0933. The molecule has 0 amide bonds. The van der Waals surface area contributed by atoms with E-state index in [4.69, 9.17) is 0 Å². The van der Waals surface area contributed by atoms with Gasteiger partial charge in [0, 0.05) is 6.54 Å². The molecular weight excluding hydrogens is 238 g/mol. The Kier molecular flexibility index (Phi) is 4.60. The van der Waals surface area contributed by atoms with E-state index < -0.39 is 15.6 Å². The Morgan fingerprint density at radius 3 is 2.18 bits per heavy atom. The highest BCUT2D eigenvalue weighted by atomic mass is 32.2. The molecule has 1 aliphatic rings. The van der Waals surface area contributed by atoms with Gasteiger partial charge in [-0.15, -0.1) is 0 Å². The second-order valence-electron chi connectivity index (χ2n) is 6.43. The van der Waals surface area contributed by atoms with Crippen LogP contribution in [-0.2, 0) is 10.0 Å². The molecule has 1 rings (SSSR count). The lowest BCUT2D eigenvalue weighted by molar-refractivity contribution is 0.00941. The number of nitrogens with one attached hydrogen (secondary N) is 1. The monoisotopic (exact) mass is 263 g/mol. The highest BCUT2D eigenvalue weighted by molar-refractivity contribution is 7.89. The zero-order valence-electron chi connectivity index (χ0n) is 11.1. The maximum Gasteiger partial charge on any atom is 0.212 e. The van der Waals surface area contributed by atoms with Gasteiger partial charge in [-0.2, -0.15) is 0 Å². The van der Waals surface area contributed by atoms with Crippen molar-refractivity contribution in [1.29, 1.82) is 0 Å². The number of rotatable bonds is 4. The first-order chi connectivity index (χ1) is 7.62. The van der Waals surface area contributed by atoms with Crippen molar-refractivity contribution in [2.75, 3.05) is 12.3 Å². The average molecular weight is 263 g/mol. The molecule has 0 aromatic heterocycles. The Morgan fingerprint density at radius 2 is 1.71 bits per heavy atom. The zero-order valence-corrected chi connectivity index (χ0v) is 11.9. The fraction of sp³-hybridized carbons (Fsp3) is 1.00. The van der Waals surface area contributed by atoms with E-state index in [2.05, 4.69) is 4.72 Å². The van der Waals surface area contributed by atoms with Crippen molar-refractivity contribution in [1.82, 2.24) is 4.72 Å². The van der Waals surface area contributed by atoms with E-state index in [-0.39, 0.29) is 17.7 Å². The molecule has 0 spiro atoms. The molecule has 0 aliphatic heterocycles. The zero-order chi connectivity index (χ0) is 13.2. The molecule has 0 unspecified atom stereocenters. The Labute approximate surface area is 105 Å². The molecule has 0 heterocycles. The summed E-state index contributed by atoms with van der Waals surface area (Å²) in [6, 6.07) is 0. The van der Waals surface area contributed by atoms with Crippen LogP contribution in [0, 0.1) is 5.41 Å². The molecule has 1 aliphatic carbocycles. The largest absolute Gasteiger partial charge is 0.389 e. The minimum absolute atomic E-state index is 0.0933. The van der Waals surface area contributed by atoms with Crippen molar-refractivity contribution in [2.45, 2.75) is 58.5 Å². The van der Waals surface area contributed by atoms with Crippen molar-refractivity contribution in [3.63, 3.8) is 0 Å². The lowest BCUT2D eigenvalue weighted by atomic mass is 9.85. The summed E-state index contributed by atoms with van der Waals surface area (Å²) in [4.78, 5) is 0. The van der Waals surface area contributed by atoms with Crippen LogP contribution in [0.3, 0.4) is 0 Å². The van der Waals surface area contributed by atoms with Crippen LogP contribution in [0.4, 0.5) is 0 Å². The average Bonchev–Trinajstić information content (AvgIpc) is 2.13. The van der Waals surface area contributed by atoms with Gasteiger partial charge in [0.2, 0.25) is 10.0 Å². The lowest BCUT2D eigenvalue weighted by Gasteiger charge is -2.32. The first-order valence-corrected chi connectivity index (χ1v) is 7.97. The minimum Gasteiger partial charge on any atom is -0.389 e. The van der Waals surface area contributed by atoms with Gasteiger partial charge in [0.1, 0.15) is 0 Å². The summed E-state index contributed by atoms with van der Waals surface area (Å²) in [6.07, 6.45) is 4.50. The first-order valence-electron chi connectivity index (χ1n) is 6.32. The van der Waals surface area contributed by atoms with Crippen molar-refractivity contribution < 1.29 is 13.5 Å². The summed E-state index contributed by atoms with van der Waals surface area (Å²) in [6.45, 7) is 5.83. The molecule has 0 aromatic rings. The van der Waals surface area contributed by atoms with E-state index >= 15 is 0 Å². The summed E-state index contributed by atoms with van der Waals surface area (Å²) in [5.41, 5.74) is -1.09. The van der Waals surface area contributed by atoms with Gasteiger partial charge in [-0.1, -0.05) is 40.0 Å². The molecule has 17 heavy (non-hydrogen) atoms. The Bertz CT molecular complexity index is 337. The van der Waals surface area contributed by atoms with Gasteiger partial charge in [-0.25, -0.2) is 13.1 Å². The van der Waals surface area contributed by atoms with Crippen molar-refractivity contribution in [3.8, 4) is 0 Å². The normalized spacial score (nSPS) is 21.4. The van der Waals surface area contributed by atoms with E-state index in [0.717, 1.165) is 19.3 Å². The quantitative estimate of drug-likeness (QED) is 0.810. The van der Waals surface area contributed by atoms with E-state index in [9.17, 15) is 13.5 Å². The summed E-state index contributed by atoms with van der Waals surface area (Å²) < 4.78 is 26.2. The summed E-state index contributed by atoms with van der Waals surface area (Å²) >= 11 is 0. The molecule has 0 aromatic carbocycles. The third-order valence-electron chi connectivity index (χ3n) is 3.03. The van der Waals surface area contributed by atoms with Gasteiger partial charge >= 0.3 is 0 Å². The van der Waals surface area contributed by atoms with Gasteiger partial charge in [-0.05, 0) is 18.3 Å². The van der Waals surface area contributed by atoms with Gasteiger partial charge < -0.3 is 5.11 Å². The first kappa shape index (κ1) is 14.9. The second kappa shape index (κ2) is 5.24. The van der Waals surface area contributed by atoms with Gasteiger partial charge in [-0.3, -0.25) is 0 Å². The smallest absolute Gasteiger partial charge is 0.212 e. The van der Waals surface area contributed by atoms with Crippen LogP contribution in [0.25, 0.3) is 0 Å². The summed E-state index contributed by atoms with van der Waals surface area (Å²) in [7, 11) is -3.29. The van der Waals surface area contributed by atoms with Crippen LogP contribution in [0.2, 0.25) is 0 Å². The predicted molar refractivity (Wildman–Crippen MR) is 69.3 cm³/mol. The third kappa shape index (κ3) is 5.84. The fourth-order valence-corrected chi connectivity index (χ4v) is 3.98. The molecular formula is C12H25NO3S. The lowest BCUT2D eigenvalue weighted by Crippen LogP contribution is -2.45. The van der Waals surface area contributed by atoms with Crippen LogP contribution in [0.15, 0.2) is 0 Å². The van der Waals surface area contributed by atoms with Crippen LogP contribution >= 0.6 is 0 Å². The predicted octanol–water partition coefficient (Wildman–Crippen LogP) is 1.65. The second-order valence-corrected chi connectivity index (χ2v) is 8.23. The highest BCUT2D eigenvalue weighted by Gasteiger charge is 2.31. The van der Waals surface area contributed by atoms with Gasteiger partial charge in [0.25, 0.3) is 0 Å². The molecule has 0 atom stereocenters. The molecule has 102 valence electrons. The Balaban J connectivity index is 2.49. The van der Waals surface area contributed by atoms with Crippen LogP contribution < -0.4 is 4.72 Å². The number of sulfonamides is 1. The number of hydrogen-bond acceptors (Lipinski definition) is 3. The molecule has 1 saturated carbocycles. The maximum atomic E-state index is 11.8. The number of aliphatic hydroxyl groups is 1. The molecule has 0 radical (unpaired) electrons. The van der Waals surface area contributed by atoms with Crippen molar-refractivity contribution >= 4 is 10.0 Å². The SMILES string of the molecule is CC(C)(C)CS(=O)(=O)NCC1(O)CCCCC1. The van der Waals surface area contributed by atoms with Gasteiger partial charge in [0.05, 0.1) is 11.4 Å². The molecule has 5 heteroatoms. The van der Waals surface area contributed by atoms with Gasteiger partial charge in [0.15, 0.2) is 0 Å². The molecule has 0 saturated heterocycles. The van der Waals surface area contributed by atoms with Crippen LogP contribution in [-0.4, -0.2) is 31.4 Å². The third-order valence-corrected chi connectivity index (χ3v) is 4.86.